The molecule has 1 aliphatic heterocycles. The minimum absolute atomic E-state index is 0.0817. The largest absolute Gasteiger partial charge is 0.477 e. The van der Waals surface area contributed by atoms with Crippen molar-refractivity contribution < 1.29 is 9.90 Å². The number of H-pyrrole nitrogens is 1. The summed E-state index contributed by atoms with van der Waals surface area (Å²) < 4.78 is 0. The van der Waals surface area contributed by atoms with Gasteiger partial charge in [0.1, 0.15) is 5.56 Å². The number of fused-ring (bicyclic) bond motifs is 2. The molecule has 3 N–H and O–H groups in total. The van der Waals surface area contributed by atoms with Crippen LogP contribution in [0, 0.1) is 0 Å². The molecule has 0 radical (unpaired) electrons. The van der Waals surface area contributed by atoms with Gasteiger partial charge in [0.15, 0.2) is 0 Å². The topological polar surface area (TPSA) is 82.2 Å². The van der Waals surface area contributed by atoms with Crippen molar-refractivity contribution in [3.05, 3.63) is 81.1 Å². The van der Waals surface area contributed by atoms with Crippen LogP contribution in [0.4, 0.5) is 0 Å². The highest BCUT2D eigenvalue weighted by molar-refractivity contribution is 5.92. The zero-order valence-electron chi connectivity index (χ0n) is 12.2. The summed E-state index contributed by atoms with van der Waals surface area (Å²) in [4.78, 5) is 25.6. The Morgan fingerprint density at radius 1 is 1.13 bits per heavy atom. The lowest BCUT2D eigenvalue weighted by Crippen LogP contribution is -2.17. The lowest BCUT2D eigenvalue weighted by molar-refractivity contribution is 0.0695. The molecule has 4 rings (SSSR count). The monoisotopic (exact) mass is 306 g/mol. The van der Waals surface area contributed by atoms with Crippen molar-refractivity contribution in [2.24, 2.45) is 0 Å². The molecule has 1 atom stereocenters. The van der Waals surface area contributed by atoms with Gasteiger partial charge in [0.2, 0.25) is 0 Å². The molecule has 1 aromatic heterocycles. The predicted molar refractivity (Wildman–Crippen MR) is 86.7 cm³/mol. The molecular formula is C18H14N2O3. The first-order valence-corrected chi connectivity index (χ1v) is 7.35. The molecule has 0 fully saturated rings. The summed E-state index contributed by atoms with van der Waals surface area (Å²) in [7, 11) is 0. The number of hydrogen-bond donors (Lipinski definition) is 3. The van der Waals surface area contributed by atoms with Crippen molar-refractivity contribution in [3.63, 3.8) is 0 Å². The number of carboxylic acid groups (broad SMARTS) is 1. The van der Waals surface area contributed by atoms with Crippen molar-refractivity contribution in [1.29, 1.82) is 0 Å². The first-order valence-electron chi connectivity index (χ1n) is 7.35. The molecule has 5 nitrogen and oxygen atoms in total. The number of benzene rings is 2. The SMILES string of the molecule is O=C(O)c1cc2ccc(C3NCc4ccccc43)cc2[nH]c1=O. The lowest BCUT2D eigenvalue weighted by atomic mass is 9.97. The molecule has 0 saturated carbocycles. The van der Waals surface area contributed by atoms with Crippen LogP contribution in [0.5, 0.6) is 0 Å². The molecule has 1 aliphatic rings. The van der Waals surface area contributed by atoms with E-state index in [1.54, 1.807) is 0 Å². The van der Waals surface area contributed by atoms with Gasteiger partial charge < -0.3 is 15.4 Å². The van der Waals surface area contributed by atoms with E-state index < -0.39 is 11.5 Å². The highest BCUT2D eigenvalue weighted by Gasteiger charge is 2.23. The van der Waals surface area contributed by atoms with Gasteiger partial charge in [-0.05, 0) is 34.2 Å². The molecule has 0 bridgehead atoms. The maximum atomic E-state index is 11.9. The molecule has 0 saturated heterocycles. The van der Waals surface area contributed by atoms with E-state index in [9.17, 15) is 9.59 Å². The molecule has 114 valence electrons. The Bertz CT molecular complexity index is 991. The third-order valence-corrected chi connectivity index (χ3v) is 4.30. The number of nitrogens with one attached hydrogen (secondary N) is 2. The molecule has 5 heteroatoms. The first kappa shape index (κ1) is 13.7. The average Bonchev–Trinajstić information content (AvgIpc) is 2.97. The molecule has 3 aromatic rings. The summed E-state index contributed by atoms with van der Waals surface area (Å²) in [5, 5.41) is 13.2. The zero-order chi connectivity index (χ0) is 16.0. The van der Waals surface area contributed by atoms with Gasteiger partial charge in [-0.3, -0.25) is 4.79 Å². The van der Waals surface area contributed by atoms with Crippen molar-refractivity contribution in [2.75, 3.05) is 0 Å². The van der Waals surface area contributed by atoms with E-state index in [0.29, 0.717) is 10.9 Å². The second kappa shape index (κ2) is 5.07. The van der Waals surface area contributed by atoms with Crippen molar-refractivity contribution >= 4 is 16.9 Å². The van der Waals surface area contributed by atoms with E-state index in [4.69, 9.17) is 5.11 Å². The minimum Gasteiger partial charge on any atom is -0.477 e. The Balaban J connectivity index is 1.83. The summed E-state index contributed by atoms with van der Waals surface area (Å²) in [5.74, 6) is -1.22. The number of rotatable bonds is 2. The number of aromatic nitrogens is 1. The molecule has 0 aliphatic carbocycles. The molecule has 2 heterocycles. The smallest absolute Gasteiger partial charge is 0.341 e. The van der Waals surface area contributed by atoms with Crippen LogP contribution in [-0.2, 0) is 6.54 Å². The fourth-order valence-corrected chi connectivity index (χ4v) is 3.15. The van der Waals surface area contributed by atoms with E-state index in [1.165, 1.54) is 17.2 Å². The Morgan fingerprint density at radius 2 is 1.96 bits per heavy atom. The molecule has 2 aromatic carbocycles. The van der Waals surface area contributed by atoms with Crippen LogP contribution in [-0.4, -0.2) is 16.1 Å². The minimum atomic E-state index is -1.22. The second-order valence-corrected chi connectivity index (χ2v) is 5.68. The van der Waals surface area contributed by atoms with Gasteiger partial charge in [0.05, 0.1) is 6.04 Å². The van der Waals surface area contributed by atoms with Crippen molar-refractivity contribution in [3.8, 4) is 0 Å². The summed E-state index contributed by atoms with van der Waals surface area (Å²) >= 11 is 0. The lowest BCUT2D eigenvalue weighted by Gasteiger charge is -2.13. The van der Waals surface area contributed by atoms with Gasteiger partial charge in [0, 0.05) is 12.1 Å². The Hall–Kier alpha value is -2.92. The van der Waals surface area contributed by atoms with E-state index in [1.807, 2.05) is 30.3 Å². The van der Waals surface area contributed by atoms with Gasteiger partial charge in [-0.25, -0.2) is 4.79 Å². The van der Waals surface area contributed by atoms with Crippen LogP contribution in [0.15, 0.2) is 53.3 Å². The summed E-state index contributed by atoms with van der Waals surface area (Å²) in [6.07, 6.45) is 0. The fraction of sp³-hybridized carbons (Fsp3) is 0.111. The summed E-state index contributed by atoms with van der Waals surface area (Å²) in [5.41, 5.74) is 3.37. The van der Waals surface area contributed by atoms with Crippen LogP contribution in [0.25, 0.3) is 10.9 Å². The number of hydrogen-bond acceptors (Lipinski definition) is 3. The highest BCUT2D eigenvalue weighted by Crippen LogP contribution is 2.31. The predicted octanol–water partition coefficient (Wildman–Crippen LogP) is 2.42. The Labute approximate surface area is 131 Å². The van der Waals surface area contributed by atoms with Crippen LogP contribution < -0.4 is 10.9 Å². The molecule has 0 amide bonds. The number of aromatic carboxylic acids is 1. The van der Waals surface area contributed by atoms with Crippen LogP contribution in [0.2, 0.25) is 0 Å². The number of carbonyl (C=O) groups is 1. The number of carboxylic acids is 1. The molecule has 0 spiro atoms. The summed E-state index contributed by atoms with van der Waals surface area (Å²) in [6.45, 7) is 0.813. The third-order valence-electron chi connectivity index (χ3n) is 4.30. The van der Waals surface area contributed by atoms with Crippen molar-refractivity contribution in [2.45, 2.75) is 12.6 Å². The van der Waals surface area contributed by atoms with Gasteiger partial charge in [-0.2, -0.15) is 0 Å². The van der Waals surface area contributed by atoms with Crippen molar-refractivity contribution in [1.82, 2.24) is 10.3 Å². The molecule has 23 heavy (non-hydrogen) atoms. The van der Waals surface area contributed by atoms with Crippen LogP contribution in [0.1, 0.15) is 33.1 Å². The quantitative estimate of drug-likeness (QED) is 0.679. The highest BCUT2D eigenvalue weighted by atomic mass is 16.4. The van der Waals surface area contributed by atoms with Gasteiger partial charge >= 0.3 is 5.97 Å². The van der Waals surface area contributed by atoms with Gasteiger partial charge in [0.25, 0.3) is 5.56 Å². The molecular weight excluding hydrogens is 292 g/mol. The maximum absolute atomic E-state index is 11.9. The van der Waals surface area contributed by atoms with E-state index >= 15 is 0 Å². The van der Waals surface area contributed by atoms with Crippen LogP contribution >= 0.6 is 0 Å². The Morgan fingerprint density at radius 3 is 2.78 bits per heavy atom. The normalized spacial score (nSPS) is 16.4. The van der Waals surface area contributed by atoms with E-state index in [-0.39, 0.29) is 11.6 Å². The average molecular weight is 306 g/mol. The second-order valence-electron chi connectivity index (χ2n) is 5.68. The number of aromatic amines is 1. The first-order chi connectivity index (χ1) is 11.1. The standard InChI is InChI=1S/C18H14N2O3/c21-17-14(18(22)23)7-10-5-6-11(8-15(10)20-17)16-13-4-2-1-3-12(13)9-19-16/h1-8,16,19H,9H2,(H,20,21)(H,22,23). The van der Waals surface area contributed by atoms with Gasteiger partial charge in [-0.15, -0.1) is 0 Å². The number of pyridine rings is 1. The molecule has 1 unspecified atom stereocenters. The fourth-order valence-electron chi connectivity index (χ4n) is 3.15. The Kier molecular flexibility index (Phi) is 3.02. The third kappa shape index (κ3) is 2.22. The zero-order valence-corrected chi connectivity index (χ0v) is 12.2. The van der Waals surface area contributed by atoms with E-state index in [0.717, 1.165) is 12.1 Å². The summed E-state index contributed by atoms with van der Waals surface area (Å²) in [6, 6.07) is 15.4. The maximum Gasteiger partial charge on any atom is 0.341 e. The van der Waals surface area contributed by atoms with Gasteiger partial charge in [-0.1, -0.05) is 36.4 Å². The van der Waals surface area contributed by atoms with E-state index in [2.05, 4.69) is 22.4 Å². The van der Waals surface area contributed by atoms with Crippen LogP contribution in [0.3, 0.4) is 0 Å².